The number of aryl methyl sites for hydroxylation is 1. The van der Waals surface area contributed by atoms with E-state index in [1.165, 1.54) is 30.1 Å². The van der Waals surface area contributed by atoms with Crippen molar-refractivity contribution in [3.05, 3.63) is 69.1 Å². The predicted octanol–water partition coefficient (Wildman–Crippen LogP) is 3.22. The average molecular weight is 431 g/mol. The highest BCUT2D eigenvalue weighted by molar-refractivity contribution is 6.32. The van der Waals surface area contributed by atoms with E-state index in [1.807, 2.05) is 6.07 Å². The molecule has 1 amide bonds. The average Bonchev–Trinajstić information content (AvgIpc) is 3.10. The lowest BCUT2D eigenvalue weighted by molar-refractivity contribution is 0.0963. The van der Waals surface area contributed by atoms with E-state index in [9.17, 15) is 15.2 Å². The molecule has 148 valence electrons. The van der Waals surface area contributed by atoms with Crippen LogP contribution in [0.5, 0.6) is 0 Å². The Balaban J connectivity index is 2.05. The predicted molar refractivity (Wildman–Crippen MR) is 109 cm³/mol. The Morgan fingerprint density at radius 3 is 2.76 bits per heavy atom. The molecule has 8 nitrogen and oxygen atoms in total. The fourth-order valence-corrected chi connectivity index (χ4v) is 3.22. The van der Waals surface area contributed by atoms with Gasteiger partial charge in [-0.15, -0.1) is 0 Å². The minimum Gasteiger partial charge on any atom is -0.368 e. The van der Waals surface area contributed by atoms with E-state index in [0.717, 1.165) is 0 Å². The van der Waals surface area contributed by atoms with Gasteiger partial charge in [-0.05, 0) is 36.8 Å². The molecule has 0 radical (unpaired) electrons. The summed E-state index contributed by atoms with van der Waals surface area (Å²) in [6, 6.07) is 9.84. The highest BCUT2D eigenvalue weighted by atomic mass is 35.5. The van der Waals surface area contributed by atoms with Crippen LogP contribution < -0.4 is 10.6 Å². The molecule has 0 bridgehead atoms. The summed E-state index contributed by atoms with van der Waals surface area (Å²) in [5.41, 5.74) is 1.79. The Bertz CT molecular complexity index is 1120. The molecule has 3 N–H and O–H groups in total. The van der Waals surface area contributed by atoms with Crippen LogP contribution in [0.3, 0.4) is 0 Å². The van der Waals surface area contributed by atoms with Gasteiger partial charge in [-0.2, -0.15) is 10.4 Å². The number of anilines is 1. The van der Waals surface area contributed by atoms with Gasteiger partial charge in [0.15, 0.2) is 17.2 Å². The molecule has 2 aromatic heterocycles. The van der Waals surface area contributed by atoms with Gasteiger partial charge in [0.2, 0.25) is 0 Å². The maximum atomic E-state index is 12.3. The number of carbonyl (C=O) groups is 1. The second-order valence-corrected chi connectivity index (χ2v) is 6.86. The number of aliphatic hydroxyl groups is 1. The van der Waals surface area contributed by atoms with Gasteiger partial charge in [0.05, 0.1) is 33.6 Å². The number of rotatable bonds is 5. The number of aromatic nitrogens is 3. The van der Waals surface area contributed by atoms with Crippen LogP contribution in [0.15, 0.2) is 36.5 Å². The Morgan fingerprint density at radius 2 is 2.10 bits per heavy atom. The number of amides is 1. The van der Waals surface area contributed by atoms with Crippen LogP contribution in [0, 0.1) is 18.3 Å². The highest BCUT2D eigenvalue weighted by Crippen LogP contribution is 2.29. The summed E-state index contributed by atoms with van der Waals surface area (Å²) >= 11 is 12.2. The minimum absolute atomic E-state index is 0.130. The molecular weight excluding hydrogens is 415 g/mol. The molecule has 0 aliphatic heterocycles. The van der Waals surface area contributed by atoms with Crippen LogP contribution in [0.25, 0.3) is 5.82 Å². The largest absolute Gasteiger partial charge is 0.368 e. The van der Waals surface area contributed by atoms with Gasteiger partial charge >= 0.3 is 0 Å². The fourth-order valence-electron chi connectivity index (χ4n) is 2.83. The van der Waals surface area contributed by atoms with Crippen molar-refractivity contribution >= 4 is 34.8 Å². The maximum Gasteiger partial charge on any atom is 0.253 e. The first kappa shape index (κ1) is 20.6. The number of nitrogens with zero attached hydrogens (tertiary/aromatic N) is 4. The summed E-state index contributed by atoms with van der Waals surface area (Å²) in [5, 5.41) is 30.1. The number of nitriles is 1. The van der Waals surface area contributed by atoms with Gasteiger partial charge in [0.25, 0.3) is 5.91 Å². The lowest BCUT2D eigenvalue weighted by Gasteiger charge is -2.20. The van der Waals surface area contributed by atoms with Crippen LogP contribution in [0.1, 0.15) is 33.4 Å². The molecule has 3 aromatic rings. The SMILES string of the molecule is CNC(=O)c1cc(C#N)cc(C)c1NC(O)c1cc(Cl)nn1-c1ncccc1Cl. The van der Waals surface area contributed by atoms with Crippen molar-refractivity contribution in [2.24, 2.45) is 0 Å². The number of aliphatic hydroxyl groups excluding tert-OH is 1. The lowest BCUT2D eigenvalue weighted by Crippen LogP contribution is -2.23. The molecule has 1 unspecified atom stereocenters. The van der Waals surface area contributed by atoms with Crippen LogP contribution in [-0.2, 0) is 0 Å². The minimum atomic E-state index is -1.30. The van der Waals surface area contributed by atoms with Crippen molar-refractivity contribution in [2.75, 3.05) is 12.4 Å². The molecule has 2 heterocycles. The first-order chi connectivity index (χ1) is 13.8. The van der Waals surface area contributed by atoms with Crippen LogP contribution in [-0.4, -0.2) is 32.8 Å². The van der Waals surface area contributed by atoms with E-state index in [-0.39, 0.29) is 16.4 Å². The third-order valence-corrected chi connectivity index (χ3v) is 4.62. The summed E-state index contributed by atoms with van der Waals surface area (Å²) < 4.78 is 1.32. The Kier molecular flexibility index (Phi) is 6.03. The van der Waals surface area contributed by atoms with E-state index < -0.39 is 12.1 Å². The second-order valence-electron chi connectivity index (χ2n) is 6.07. The first-order valence-electron chi connectivity index (χ1n) is 8.43. The quantitative estimate of drug-likeness (QED) is 0.535. The van der Waals surface area contributed by atoms with Crippen LogP contribution in [0.4, 0.5) is 5.69 Å². The summed E-state index contributed by atoms with van der Waals surface area (Å²) in [4.78, 5) is 16.5. The summed E-state index contributed by atoms with van der Waals surface area (Å²) in [6.07, 6.45) is 0.234. The van der Waals surface area contributed by atoms with E-state index in [4.69, 9.17) is 23.2 Å². The molecule has 1 atom stereocenters. The molecular formula is C19H16Cl2N6O2. The summed E-state index contributed by atoms with van der Waals surface area (Å²) in [5.74, 6) is -0.112. The highest BCUT2D eigenvalue weighted by Gasteiger charge is 2.22. The van der Waals surface area contributed by atoms with Crippen LogP contribution >= 0.6 is 23.2 Å². The molecule has 0 saturated carbocycles. The molecule has 0 spiro atoms. The van der Waals surface area contributed by atoms with Crippen molar-refractivity contribution in [2.45, 2.75) is 13.2 Å². The maximum absolute atomic E-state index is 12.3. The summed E-state index contributed by atoms with van der Waals surface area (Å²) in [6.45, 7) is 1.72. The zero-order valence-electron chi connectivity index (χ0n) is 15.4. The lowest BCUT2D eigenvalue weighted by atomic mass is 10.0. The van der Waals surface area contributed by atoms with Gasteiger partial charge < -0.3 is 15.7 Å². The van der Waals surface area contributed by atoms with Gasteiger partial charge in [-0.3, -0.25) is 4.79 Å². The van der Waals surface area contributed by atoms with E-state index in [0.29, 0.717) is 27.7 Å². The van der Waals surface area contributed by atoms with E-state index in [1.54, 1.807) is 25.1 Å². The van der Waals surface area contributed by atoms with Crippen molar-refractivity contribution in [3.63, 3.8) is 0 Å². The zero-order valence-corrected chi connectivity index (χ0v) is 17.0. The molecule has 10 heteroatoms. The van der Waals surface area contributed by atoms with Crippen LogP contribution in [0.2, 0.25) is 10.2 Å². The molecule has 1 aromatic carbocycles. The number of benzene rings is 1. The molecule has 0 fully saturated rings. The third-order valence-electron chi connectivity index (χ3n) is 4.14. The molecule has 0 aliphatic carbocycles. The topological polar surface area (TPSA) is 116 Å². The third kappa shape index (κ3) is 4.17. The smallest absolute Gasteiger partial charge is 0.253 e. The molecule has 0 saturated heterocycles. The molecule has 0 aliphatic rings. The molecule has 3 rings (SSSR count). The van der Waals surface area contributed by atoms with Gasteiger partial charge in [-0.25, -0.2) is 9.67 Å². The Hall–Kier alpha value is -3.12. The Morgan fingerprint density at radius 1 is 1.34 bits per heavy atom. The second kappa shape index (κ2) is 8.49. The number of hydrogen-bond acceptors (Lipinski definition) is 6. The fraction of sp³-hybridized carbons (Fsp3) is 0.158. The van der Waals surface area contributed by atoms with Crippen molar-refractivity contribution in [1.29, 1.82) is 5.26 Å². The van der Waals surface area contributed by atoms with Gasteiger partial charge in [-0.1, -0.05) is 23.2 Å². The molecule has 29 heavy (non-hydrogen) atoms. The first-order valence-corrected chi connectivity index (χ1v) is 9.19. The number of nitrogens with one attached hydrogen (secondary N) is 2. The summed E-state index contributed by atoms with van der Waals surface area (Å²) in [7, 11) is 1.48. The Labute approximate surface area is 176 Å². The van der Waals surface area contributed by atoms with Crippen molar-refractivity contribution in [1.82, 2.24) is 20.1 Å². The van der Waals surface area contributed by atoms with Crippen molar-refractivity contribution < 1.29 is 9.90 Å². The standard InChI is InChI=1S/C19H16Cl2N6O2/c1-10-6-11(9-22)7-12(18(28)23-2)16(10)25-19(29)14-8-15(21)26-27(14)17-13(20)4-3-5-24-17/h3-8,19,25,29H,1-2H3,(H,23,28). The number of hydrogen-bond donors (Lipinski definition) is 3. The van der Waals surface area contributed by atoms with Gasteiger partial charge in [0, 0.05) is 19.3 Å². The van der Waals surface area contributed by atoms with Crippen molar-refractivity contribution in [3.8, 4) is 11.9 Å². The normalized spacial score (nSPS) is 11.6. The number of pyridine rings is 1. The van der Waals surface area contributed by atoms with E-state index in [2.05, 4.69) is 20.7 Å². The van der Waals surface area contributed by atoms with E-state index >= 15 is 0 Å². The number of halogens is 2. The number of carbonyl (C=O) groups excluding carboxylic acids is 1. The van der Waals surface area contributed by atoms with Gasteiger partial charge in [0.1, 0.15) is 0 Å². The monoisotopic (exact) mass is 430 g/mol. The zero-order chi connectivity index (χ0) is 21.1.